The van der Waals surface area contributed by atoms with Crippen LogP contribution in [0, 0.1) is 0 Å². The minimum Gasteiger partial charge on any atom is -0.331 e. The van der Waals surface area contributed by atoms with E-state index in [1.807, 2.05) is 30.3 Å². The zero-order valence-electron chi connectivity index (χ0n) is 11.1. The number of hydrogen-bond donors (Lipinski definition) is 1. The predicted molar refractivity (Wildman–Crippen MR) is 84.5 cm³/mol. The van der Waals surface area contributed by atoms with Crippen LogP contribution in [0.5, 0.6) is 0 Å². The molecule has 1 aromatic carbocycles. The Hall–Kier alpha value is -1.94. The first-order valence-electron chi connectivity index (χ1n) is 6.24. The maximum absolute atomic E-state index is 5.50. The van der Waals surface area contributed by atoms with Gasteiger partial charge in [-0.25, -0.2) is 0 Å². The van der Waals surface area contributed by atoms with Gasteiger partial charge in [0.05, 0.1) is 11.9 Å². The summed E-state index contributed by atoms with van der Waals surface area (Å²) in [6.45, 7) is 4.23. The Morgan fingerprint density at radius 2 is 1.89 bits per heavy atom. The maximum Gasteiger partial charge on any atom is 0.178 e. The molecule has 0 spiro atoms. The van der Waals surface area contributed by atoms with Gasteiger partial charge in [0.2, 0.25) is 0 Å². The number of benzene rings is 1. The van der Waals surface area contributed by atoms with Crippen molar-refractivity contribution in [3.8, 4) is 0 Å². The van der Waals surface area contributed by atoms with Gasteiger partial charge in [0.1, 0.15) is 0 Å². The number of thiocarbonyl (C=S) groups is 1. The lowest BCUT2D eigenvalue weighted by Crippen LogP contribution is -2.40. The molecular weight excluding hydrogens is 254 g/mol. The molecule has 0 radical (unpaired) electrons. The van der Waals surface area contributed by atoms with Gasteiger partial charge in [-0.15, -0.1) is 0 Å². The van der Waals surface area contributed by atoms with Gasteiger partial charge in [0.15, 0.2) is 5.11 Å². The Kier molecular flexibility index (Phi) is 4.47. The van der Waals surface area contributed by atoms with Crippen LogP contribution in [0.3, 0.4) is 0 Å². The van der Waals surface area contributed by atoms with Crippen LogP contribution < -0.4 is 10.2 Å². The molecule has 1 heterocycles. The third kappa shape index (κ3) is 3.51. The molecule has 3 nitrogen and oxygen atoms in total. The Morgan fingerprint density at radius 1 is 1.16 bits per heavy atom. The van der Waals surface area contributed by atoms with Gasteiger partial charge in [-0.05, 0) is 50.3 Å². The van der Waals surface area contributed by atoms with E-state index < -0.39 is 0 Å². The van der Waals surface area contributed by atoms with E-state index >= 15 is 0 Å². The van der Waals surface area contributed by atoms with Crippen molar-refractivity contribution in [2.24, 2.45) is 0 Å². The fraction of sp³-hybridized carbons (Fsp3) is 0.200. The summed E-state index contributed by atoms with van der Waals surface area (Å²) >= 11 is 5.50. The van der Waals surface area contributed by atoms with Crippen LogP contribution in [0.4, 0.5) is 11.4 Å². The van der Waals surface area contributed by atoms with Crippen LogP contribution in [0.15, 0.2) is 54.9 Å². The summed E-state index contributed by atoms with van der Waals surface area (Å²) in [5.41, 5.74) is 1.98. The molecule has 0 unspecified atom stereocenters. The minimum atomic E-state index is 0.277. The molecule has 2 aromatic rings. The molecular formula is C15H17N3S. The average Bonchev–Trinajstić information content (AvgIpc) is 2.40. The molecule has 4 heteroatoms. The maximum atomic E-state index is 5.50. The Bertz CT molecular complexity index is 526. The molecule has 1 aromatic heterocycles. The Balaban J connectivity index is 2.19. The van der Waals surface area contributed by atoms with E-state index in [0.29, 0.717) is 5.11 Å². The number of nitrogens with zero attached hydrogens (tertiary/aromatic N) is 2. The van der Waals surface area contributed by atoms with Crippen molar-refractivity contribution < 1.29 is 0 Å². The van der Waals surface area contributed by atoms with E-state index in [9.17, 15) is 0 Å². The standard InChI is InChI=1S/C15H17N3S/c1-12(2)18(14-8-4-3-5-9-14)15(19)17-13-7-6-10-16-11-13/h3-12H,1-2H3,(H,17,19). The molecule has 0 bridgehead atoms. The number of para-hydroxylation sites is 1. The number of pyridine rings is 1. The third-order valence-electron chi connectivity index (χ3n) is 2.68. The van der Waals surface area contributed by atoms with E-state index in [-0.39, 0.29) is 6.04 Å². The molecule has 0 aliphatic carbocycles. The second-order valence-electron chi connectivity index (χ2n) is 4.47. The molecule has 98 valence electrons. The number of nitrogens with one attached hydrogen (secondary N) is 1. The van der Waals surface area contributed by atoms with Crippen LogP contribution in [-0.4, -0.2) is 16.1 Å². The smallest absolute Gasteiger partial charge is 0.178 e. The fourth-order valence-electron chi connectivity index (χ4n) is 1.86. The van der Waals surface area contributed by atoms with Crippen molar-refractivity contribution >= 4 is 28.7 Å². The molecule has 0 amide bonds. The highest BCUT2D eigenvalue weighted by molar-refractivity contribution is 7.80. The fourth-order valence-corrected chi connectivity index (χ4v) is 2.29. The van der Waals surface area contributed by atoms with Crippen molar-refractivity contribution in [3.05, 3.63) is 54.9 Å². The molecule has 0 saturated heterocycles. The van der Waals surface area contributed by atoms with E-state index in [0.717, 1.165) is 11.4 Å². The SMILES string of the molecule is CC(C)N(C(=S)Nc1cccnc1)c1ccccc1. The van der Waals surface area contributed by atoms with Crippen molar-refractivity contribution in [1.82, 2.24) is 4.98 Å². The first-order chi connectivity index (χ1) is 9.18. The zero-order chi connectivity index (χ0) is 13.7. The van der Waals surface area contributed by atoms with E-state index in [1.54, 1.807) is 12.4 Å². The summed E-state index contributed by atoms with van der Waals surface area (Å²) in [4.78, 5) is 6.16. The van der Waals surface area contributed by atoms with Gasteiger partial charge in [-0.1, -0.05) is 18.2 Å². The summed E-state index contributed by atoms with van der Waals surface area (Å²) in [5, 5.41) is 3.89. The molecule has 0 aliphatic heterocycles. The van der Waals surface area contributed by atoms with Crippen molar-refractivity contribution in [1.29, 1.82) is 0 Å². The predicted octanol–water partition coefficient (Wildman–Crippen LogP) is 3.69. The van der Waals surface area contributed by atoms with Crippen LogP contribution in [-0.2, 0) is 0 Å². The highest BCUT2D eigenvalue weighted by Crippen LogP contribution is 2.18. The van der Waals surface area contributed by atoms with Crippen molar-refractivity contribution in [3.63, 3.8) is 0 Å². The summed E-state index contributed by atoms with van der Waals surface area (Å²) in [6.07, 6.45) is 3.50. The second kappa shape index (κ2) is 6.29. The lowest BCUT2D eigenvalue weighted by Gasteiger charge is -2.29. The largest absolute Gasteiger partial charge is 0.331 e. The Labute approximate surface area is 119 Å². The van der Waals surface area contributed by atoms with E-state index in [1.165, 1.54) is 0 Å². The molecule has 19 heavy (non-hydrogen) atoms. The number of anilines is 2. The van der Waals surface area contributed by atoms with Gasteiger partial charge < -0.3 is 10.2 Å². The van der Waals surface area contributed by atoms with Gasteiger partial charge in [0.25, 0.3) is 0 Å². The van der Waals surface area contributed by atoms with Gasteiger partial charge in [0, 0.05) is 17.9 Å². The van der Waals surface area contributed by atoms with Crippen LogP contribution in [0.2, 0.25) is 0 Å². The molecule has 0 fully saturated rings. The number of aromatic nitrogens is 1. The summed E-state index contributed by atoms with van der Waals surface area (Å²) in [7, 11) is 0. The molecule has 0 aliphatic rings. The number of hydrogen-bond acceptors (Lipinski definition) is 2. The normalized spacial score (nSPS) is 10.3. The topological polar surface area (TPSA) is 28.2 Å². The molecule has 1 N–H and O–H groups in total. The lowest BCUT2D eigenvalue weighted by atomic mass is 10.2. The first-order valence-corrected chi connectivity index (χ1v) is 6.64. The molecule has 0 saturated carbocycles. The first kappa shape index (κ1) is 13.5. The van der Waals surface area contributed by atoms with Crippen LogP contribution >= 0.6 is 12.2 Å². The zero-order valence-corrected chi connectivity index (χ0v) is 11.9. The van der Waals surface area contributed by atoms with Gasteiger partial charge >= 0.3 is 0 Å². The molecule has 0 atom stereocenters. The van der Waals surface area contributed by atoms with E-state index in [4.69, 9.17) is 12.2 Å². The average molecular weight is 271 g/mol. The highest BCUT2D eigenvalue weighted by atomic mass is 32.1. The minimum absolute atomic E-state index is 0.277. The van der Waals surface area contributed by atoms with Crippen molar-refractivity contribution in [2.75, 3.05) is 10.2 Å². The molecule has 2 rings (SSSR count). The summed E-state index contributed by atoms with van der Waals surface area (Å²) < 4.78 is 0. The summed E-state index contributed by atoms with van der Waals surface area (Å²) in [6, 6.07) is 14.2. The van der Waals surface area contributed by atoms with Crippen LogP contribution in [0.1, 0.15) is 13.8 Å². The Morgan fingerprint density at radius 3 is 2.47 bits per heavy atom. The van der Waals surface area contributed by atoms with E-state index in [2.05, 4.69) is 41.2 Å². The monoisotopic (exact) mass is 271 g/mol. The quantitative estimate of drug-likeness (QED) is 0.862. The van der Waals surface area contributed by atoms with Gasteiger partial charge in [-0.3, -0.25) is 4.98 Å². The van der Waals surface area contributed by atoms with Crippen molar-refractivity contribution in [2.45, 2.75) is 19.9 Å². The third-order valence-corrected chi connectivity index (χ3v) is 2.98. The lowest BCUT2D eigenvalue weighted by molar-refractivity contribution is 0.811. The van der Waals surface area contributed by atoms with Gasteiger partial charge in [-0.2, -0.15) is 0 Å². The second-order valence-corrected chi connectivity index (χ2v) is 4.86. The highest BCUT2D eigenvalue weighted by Gasteiger charge is 2.15. The summed E-state index contributed by atoms with van der Waals surface area (Å²) in [5.74, 6) is 0. The number of rotatable bonds is 3. The van der Waals surface area contributed by atoms with Crippen LogP contribution in [0.25, 0.3) is 0 Å².